The molecular formula is C10H13BrN2O2S. The molecule has 1 atom stereocenters. The Kier molecular flexibility index (Phi) is 5.21. The molecule has 0 spiro atoms. The van der Waals surface area contributed by atoms with Gasteiger partial charge < -0.3 is 0 Å². The number of hydrogen-bond acceptors (Lipinski definition) is 4. The van der Waals surface area contributed by atoms with Crippen LogP contribution in [0.15, 0.2) is 21.8 Å². The molecule has 0 saturated carbocycles. The quantitative estimate of drug-likeness (QED) is 0.470. The second-order valence-corrected chi connectivity index (χ2v) is 5.48. The fourth-order valence-electron chi connectivity index (χ4n) is 0.997. The van der Waals surface area contributed by atoms with Crippen LogP contribution in [0, 0.1) is 16.0 Å². The molecule has 0 radical (unpaired) electrons. The highest BCUT2D eigenvalue weighted by Crippen LogP contribution is 2.30. The smallest absolute Gasteiger partial charge is 0.258 e. The molecule has 0 fully saturated rings. The molecule has 0 bridgehead atoms. The molecule has 0 amide bonds. The number of hydrogen-bond donors (Lipinski definition) is 0. The largest absolute Gasteiger partial charge is 0.302 e. The van der Waals surface area contributed by atoms with Crippen LogP contribution in [-0.2, 0) is 0 Å². The fourth-order valence-corrected chi connectivity index (χ4v) is 2.40. The fraction of sp³-hybridized carbons (Fsp3) is 0.500. The van der Waals surface area contributed by atoms with Crippen LogP contribution < -0.4 is 0 Å². The van der Waals surface area contributed by atoms with Gasteiger partial charge in [0.15, 0.2) is 5.03 Å². The highest BCUT2D eigenvalue weighted by molar-refractivity contribution is 9.10. The van der Waals surface area contributed by atoms with Gasteiger partial charge >= 0.3 is 5.69 Å². The first-order chi connectivity index (χ1) is 7.54. The first kappa shape index (κ1) is 13.4. The summed E-state index contributed by atoms with van der Waals surface area (Å²) in [7, 11) is 0. The van der Waals surface area contributed by atoms with Crippen molar-refractivity contribution in [2.45, 2.75) is 25.3 Å². The van der Waals surface area contributed by atoms with Gasteiger partial charge in [0.1, 0.15) is 0 Å². The molecule has 6 heteroatoms. The van der Waals surface area contributed by atoms with Gasteiger partial charge in [0.2, 0.25) is 0 Å². The molecule has 4 nitrogen and oxygen atoms in total. The van der Waals surface area contributed by atoms with Crippen molar-refractivity contribution in [3.8, 4) is 0 Å². The molecule has 16 heavy (non-hydrogen) atoms. The number of halogens is 1. The summed E-state index contributed by atoms with van der Waals surface area (Å²) in [6.07, 6.45) is 2.66. The van der Waals surface area contributed by atoms with Crippen LogP contribution in [0.3, 0.4) is 0 Å². The van der Waals surface area contributed by atoms with Crippen LogP contribution in [-0.4, -0.2) is 15.7 Å². The van der Waals surface area contributed by atoms with Crippen molar-refractivity contribution in [2.24, 2.45) is 5.92 Å². The van der Waals surface area contributed by atoms with Crippen molar-refractivity contribution < 1.29 is 4.92 Å². The standard InChI is InChI=1S/C10H13BrN2O2S/c1-3-7(2)6-16-10-9(13(14)15)4-8(11)5-12-10/h4-5,7H,3,6H2,1-2H3. The number of thioether (sulfide) groups is 1. The molecule has 1 unspecified atom stereocenters. The molecule has 1 heterocycles. The predicted molar refractivity (Wildman–Crippen MR) is 68.8 cm³/mol. The first-order valence-corrected chi connectivity index (χ1v) is 6.75. The summed E-state index contributed by atoms with van der Waals surface area (Å²) < 4.78 is 0.632. The third kappa shape index (κ3) is 3.75. The molecule has 0 aliphatic carbocycles. The van der Waals surface area contributed by atoms with Crippen LogP contribution in [0.4, 0.5) is 5.69 Å². The van der Waals surface area contributed by atoms with Crippen molar-refractivity contribution >= 4 is 33.4 Å². The van der Waals surface area contributed by atoms with Crippen molar-refractivity contribution in [3.63, 3.8) is 0 Å². The molecule has 0 aliphatic rings. The molecule has 0 N–H and O–H groups in total. The maximum absolute atomic E-state index is 10.8. The third-order valence-corrected chi connectivity index (χ3v) is 3.95. The van der Waals surface area contributed by atoms with E-state index in [1.165, 1.54) is 17.8 Å². The first-order valence-electron chi connectivity index (χ1n) is 4.97. The van der Waals surface area contributed by atoms with E-state index >= 15 is 0 Å². The lowest BCUT2D eigenvalue weighted by atomic mass is 10.2. The summed E-state index contributed by atoms with van der Waals surface area (Å²) in [5.74, 6) is 1.39. The monoisotopic (exact) mass is 304 g/mol. The Morgan fingerprint density at radius 1 is 1.69 bits per heavy atom. The van der Waals surface area contributed by atoms with E-state index in [-0.39, 0.29) is 5.69 Å². The van der Waals surface area contributed by atoms with E-state index in [0.29, 0.717) is 15.4 Å². The Morgan fingerprint density at radius 3 is 2.94 bits per heavy atom. The minimum atomic E-state index is -0.392. The summed E-state index contributed by atoms with van der Waals surface area (Å²) >= 11 is 4.63. The lowest BCUT2D eigenvalue weighted by Gasteiger charge is -2.07. The van der Waals surface area contributed by atoms with Crippen molar-refractivity contribution in [1.82, 2.24) is 4.98 Å². The molecule has 1 rings (SSSR count). The van der Waals surface area contributed by atoms with Crippen molar-refractivity contribution in [1.29, 1.82) is 0 Å². The Bertz CT molecular complexity index is 387. The van der Waals surface area contributed by atoms with E-state index in [0.717, 1.165) is 12.2 Å². The molecule has 1 aromatic rings. The van der Waals surface area contributed by atoms with Gasteiger partial charge in [-0.15, -0.1) is 0 Å². The molecule has 0 aromatic carbocycles. The highest BCUT2D eigenvalue weighted by Gasteiger charge is 2.16. The summed E-state index contributed by atoms with van der Waals surface area (Å²) in [4.78, 5) is 14.5. The van der Waals surface area contributed by atoms with Crippen LogP contribution in [0.25, 0.3) is 0 Å². The maximum Gasteiger partial charge on any atom is 0.302 e. The minimum absolute atomic E-state index is 0.0719. The summed E-state index contributed by atoms with van der Waals surface area (Å²) in [6.45, 7) is 4.23. The minimum Gasteiger partial charge on any atom is -0.258 e. The van der Waals surface area contributed by atoms with Crippen molar-refractivity contribution in [3.05, 3.63) is 26.9 Å². The molecule has 88 valence electrons. The SMILES string of the molecule is CCC(C)CSc1ncc(Br)cc1[N+](=O)[O-]. The molecule has 0 saturated heterocycles. The van der Waals surface area contributed by atoms with Gasteiger partial charge in [0, 0.05) is 22.5 Å². The Morgan fingerprint density at radius 2 is 2.38 bits per heavy atom. The summed E-state index contributed by atoms with van der Waals surface area (Å²) in [5, 5.41) is 11.3. The number of aromatic nitrogens is 1. The second kappa shape index (κ2) is 6.20. The summed E-state index contributed by atoms with van der Waals surface area (Å²) in [5.41, 5.74) is 0.0719. The lowest BCUT2D eigenvalue weighted by molar-refractivity contribution is -0.388. The normalized spacial score (nSPS) is 12.4. The zero-order chi connectivity index (χ0) is 12.1. The van der Waals surface area contributed by atoms with Crippen LogP contribution in [0.1, 0.15) is 20.3 Å². The van der Waals surface area contributed by atoms with Crippen LogP contribution >= 0.6 is 27.7 Å². The lowest BCUT2D eigenvalue weighted by Crippen LogP contribution is -1.98. The zero-order valence-corrected chi connectivity index (χ0v) is 11.5. The molecular weight excluding hydrogens is 292 g/mol. The van der Waals surface area contributed by atoms with Gasteiger partial charge in [-0.05, 0) is 21.8 Å². The van der Waals surface area contributed by atoms with Gasteiger partial charge in [-0.2, -0.15) is 0 Å². The molecule has 0 aliphatic heterocycles. The molecule has 1 aromatic heterocycles. The van der Waals surface area contributed by atoms with Gasteiger partial charge in [-0.25, -0.2) is 4.98 Å². The van der Waals surface area contributed by atoms with E-state index in [9.17, 15) is 10.1 Å². The van der Waals surface area contributed by atoms with E-state index in [1.807, 2.05) is 0 Å². The van der Waals surface area contributed by atoms with Gasteiger partial charge in [-0.3, -0.25) is 10.1 Å². The number of nitro groups is 1. The van der Waals surface area contributed by atoms with E-state index < -0.39 is 4.92 Å². The van der Waals surface area contributed by atoms with E-state index in [4.69, 9.17) is 0 Å². The van der Waals surface area contributed by atoms with Gasteiger partial charge in [-0.1, -0.05) is 32.0 Å². The average molecular weight is 305 g/mol. The topological polar surface area (TPSA) is 56.0 Å². The van der Waals surface area contributed by atoms with Gasteiger partial charge in [0.25, 0.3) is 0 Å². The van der Waals surface area contributed by atoms with Crippen LogP contribution in [0.5, 0.6) is 0 Å². The van der Waals surface area contributed by atoms with Crippen LogP contribution in [0.2, 0.25) is 0 Å². The Hall–Kier alpha value is -0.620. The Balaban J connectivity index is 2.82. The maximum atomic E-state index is 10.8. The summed E-state index contributed by atoms with van der Waals surface area (Å²) in [6, 6.07) is 1.49. The predicted octanol–water partition coefficient (Wildman–Crippen LogP) is 3.89. The number of rotatable bonds is 5. The van der Waals surface area contributed by atoms with Crippen molar-refractivity contribution in [2.75, 3.05) is 5.75 Å². The van der Waals surface area contributed by atoms with E-state index in [1.54, 1.807) is 6.20 Å². The number of nitrogens with zero attached hydrogens (tertiary/aromatic N) is 2. The Labute approximate surface area is 107 Å². The highest BCUT2D eigenvalue weighted by atomic mass is 79.9. The second-order valence-electron chi connectivity index (χ2n) is 3.56. The van der Waals surface area contributed by atoms with Gasteiger partial charge in [0.05, 0.1) is 4.92 Å². The van der Waals surface area contributed by atoms with E-state index in [2.05, 4.69) is 34.8 Å². The third-order valence-electron chi connectivity index (χ3n) is 2.20. The average Bonchev–Trinajstić information content (AvgIpc) is 2.26. The number of pyridine rings is 1. The zero-order valence-electron chi connectivity index (χ0n) is 9.14.